The van der Waals surface area contributed by atoms with E-state index in [1.165, 1.54) is 17.4 Å². The molecule has 0 saturated carbocycles. The first-order valence-corrected chi connectivity index (χ1v) is 9.49. The predicted molar refractivity (Wildman–Crippen MR) is 99.5 cm³/mol. The van der Waals surface area contributed by atoms with E-state index in [-0.39, 0.29) is 18.9 Å². The number of benzene rings is 1. The Balaban J connectivity index is 1.77. The molecule has 8 nitrogen and oxygen atoms in total. The van der Waals surface area contributed by atoms with Crippen LogP contribution in [0.3, 0.4) is 0 Å². The van der Waals surface area contributed by atoms with Crippen molar-refractivity contribution in [2.24, 2.45) is 0 Å². The zero-order chi connectivity index (χ0) is 20.4. The molecule has 8 heteroatoms. The van der Waals surface area contributed by atoms with Gasteiger partial charge >= 0.3 is 5.97 Å². The molecule has 1 heterocycles. The van der Waals surface area contributed by atoms with Gasteiger partial charge < -0.3 is 25.2 Å². The average molecular weight is 390 g/mol. The fourth-order valence-electron chi connectivity index (χ4n) is 3.91. The second-order valence-electron chi connectivity index (χ2n) is 7.45. The number of carbonyl (C=O) groups excluding carboxylic acids is 3. The minimum atomic E-state index is -1.24. The molecular weight excluding hydrogens is 364 g/mol. The number of ether oxygens (including phenoxy) is 1. The molecule has 152 valence electrons. The van der Waals surface area contributed by atoms with Crippen LogP contribution in [0, 0.1) is 0 Å². The molecule has 2 amide bonds. The summed E-state index contributed by atoms with van der Waals surface area (Å²) in [4.78, 5) is 38.8. The van der Waals surface area contributed by atoms with Gasteiger partial charge in [0, 0.05) is 18.5 Å². The van der Waals surface area contributed by atoms with Crippen molar-refractivity contribution in [1.29, 1.82) is 0 Å². The Labute approximate surface area is 163 Å². The predicted octanol–water partition coefficient (Wildman–Crippen LogP) is -0.211. The van der Waals surface area contributed by atoms with Crippen LogP contribution in [0.1, 0.15) is 41.3 Å². The molecule has 0 aromatic heterocycles. The molecule has 1 saturated heterocycles. The molecule has 2 aliphatic rings. The summed E-state index contributed by atoms with van der Waals surface area (Å²) < 4.78 is 4.60. The maximum absolute atomic E-state index is 13.0. The Morgan fingerprint density at radius 2 is 1.96 bits per heavy atom. The van der Waals surface area contributed by atoms with Crippen molar-refractivity contribution in [3.8, 4) is 0 Å². The summed E-state index contributed by atoms with van der Waals surface area (Å²) >= 11 is 0. The van der Waals surface area contributed by atoms with E-state index < -0.39 is 36.2 Å². The number of fused-ring (bicyclic) bond motifs is 1. The van der Waals surface area contributed by atoms with Crippen LogP contribution in [-0.4, -0.2) is 70.8 Å². The molecule has 1 aromatic rings. The minimum absolute atomic E-state index is 0.0333. The van der Waals surface area contributed by atoms with Crippen molar-refractivity contribution < 1.29 is 29.3 Å². The summed E-state index contributed by atoms with van der Waals surface area (Å²) in [5.41, 5.74) is 2.87. The van der Waals surface area contributed by atoms with E-state index >= 15 is 0 Å². The standard InChI is InChI=1S/C20H26N2O6/c1-11(23)17(20(27)28-2)21-18(25)16-9-15(24)10-22(16)19(26)14-7-6-12-4-3-5-13(12)8-14/h6-8,11,15-17,23-24H,3-5,9-10H2,1-2H3,(H,21,25)/t11-,15?,16?,17+/m1/s1. The van der Waals surface area contributed by atoms with Crippen LogP contribution in [0.5, 0.6) is 0 Å². The van der Waals surface area contributed by atoms with E-state index in [2.05, 4.69) is 10.1 Å². The summed E-state index contributed by atoms with van der Waals surface area (Å²) in [5.74, 6) is -1.72. The summed E-state index contributed by atoms with van der Waals surface area (Å²) in [6.07, 6.45) is 1.06. The van der Waals surface area contributed by atoms with Crippen molar-refractivity contribution in [2.75, 3.05) is 13.7 Å². The Morgan fingerprint density at radius 3 is 2.64 bits per heavy atom. The van der Waals surface area contributed by atoms with Gasteiger partial charge in [-0.05, 0) is 49.4 Å². The number of β-amino-alcohol motifs (C(OH)–C–C–N with tert-alkyl or cyclic N) is 1. The lowest BCUT2D eigenvalue weighted by atomic mass is 10.0. The van der Waals surface area contributed by atoms with Gasteiger partial charge in [-0.3, -0.25) is 9.59 Å². The smallest absolute Gasteiger partial charge is 0.331 e. The normalized spacial score (nSPS) is 23.1. The van der Waals surface area contributed by atoms with Crippen molar-refractivity contribution in [1.82, 2.24) is 10.2 Å². The molecule has 3 rings (SSSR count). The molecule has 3 N–H and O–H groups in total. The molecule has 4 atom stereocenters. The average Bonchev–Trinajstić information content (AvgIpc) is 3.30. The molecular formula is C20H26N2O6. The molecule has 2 unspecified atom stereocenters. The fourth-order valence-corrected chi connectivity index (χ4v) is 3.91. The van der Waals surface area contributed by atoms with Crippen molar-refractivity contribution in [3.63, 3.8) is 0 Å². The highest BCUT2D eigenvalue weighted by Gasteiger charge is 2.41. The topological polar surface area (TPSA) is 116 Å². The second kappa shape index (κ2) is 8.28. The highest BCUT2D eigenvalue weighted by Crippen LogP contribution is 2.26. The first kappa shape index (κ1) is 20.3. The number of amides is 2. The second-order valence-corrected chi connectivity index (χ2v) is 7.45. The molecule has 1 aromatic carbocycles. The van der Waals surface area contributed by atoms with Crippen molar-refractivity contribution in [2.45, 2.75) is 56.9 Å². The van der Waals surface area contributed by atoms with E-state index in [1.54, 1.807) is 6.07 Å². The number of hydrogen-bond donors (Lipinski definition) is 3. The van der Waals surface area contributed by atoms with E-state index in [0.29, 0.717) is 5.56 Å². The number of likely N-dealkylation sites (tertiary alicyclic amines) is 1. The molecule has 0 spiro atoms. The molecule has 28 heavy (non-hydrogen) atoms. The molecule has 1 fully saturated rings. The van der Waals surface area contributed by atoms with Crippen LogP contribution < -0.4 is 5.32 Å². The third-order valence-electron chi connectivity index (χ3n) is 5.42. The van der Waals surface area contributed by atoms with Gasteiger partial charge in [0.05, 0.1) is 19.3 Å². The third-order valence-corrected chi connectivity index (χ3v) is 5.42. The number of methoxy groups -OCH3 is 1. The number of nitrogens with zero attached hydrogens (tertiary/aromatic N) is 1. The van der Waals surface area contributed by atoms with Gasteiger partial charge in [-0.15, -0.1) is 0 Å². The highest BCUT2D eigenvalue weighted by atomic mass is 16.5. The van der Waals surface area contributed by atoms with Crippen LogP contribution in [0.15, 0.2) is 18.2 Å². The van der Waals surface area contributed by atoms with Crippen LogP contribution in [0.4, 0.5) is 0 Å². The Bertz CT molecular complexity index is 778. The zero-order valence-electron chi connectivity index (χ0n) is 16.1. The minimum Gasteiger partial charge on any atom is -0.467 e. The van der Waals surface area contributed by atoms with E-state index in [0.717, 1.165) is 31.9 Å². The maximum Gasteiger partial charge on any atom is 0.331 e. The Kier molecular flexibility index (Phi) is 6.00. The van der Waals surface area contributed by atoms with Gasteiger partial charge in [0.15, 0.2) is 6.04 Å². The Hall–Kier alpha value is -2.45. The van der Waals surface area contributed by atoms with Gasteiger partial charge in [-0.1, -0.05) is 6.07 Å². The molecule has 1 aliphatic heterocycles. The highest BCUT2D eigenvalue weighted by molar-refractivity contribution is 5.99. The first-order valence-electron chi connectivity index (χ1n) is 9.49. The van der Waals surface area contributed by atoms with Crippen LogP contribution in [0.25, 0.3) is 0 Å². The van der Waals surface area contributed by atoms with Gasteiger partial charge in [0.2, 0.25) is 5.91 Å². The monoisotopic (exact) mass is 390 g/mol. The molecule has 0 bridgehead atoms. The number of aryl methyl sites for hydroxylation is 2. The van der Waals surface area contributed by atoms with Crippen LogP contribution in [0.2, 0.25) is 0 Å². The number of hydrogen-bond acceptors (Lipinski definition) is 6. The maximum atomic E-state index is 13.0. The van der Waals surface area contributed by atoms with E-state index in [9.17, 15) is 24.6 Å². The summed E-state index contributed by atoms with van der Waals surface area (Å²) in [7, 11) is 1.16. The SMILES string of the molecule is COC(=O)[C@@H](NC(=O)C1CC(O)CN1C(=O)c1ccc2c(c1)CCC2)[C@@H](C)O. The lowest BCUT2D eigenvalue weighted by Crippen LogP contribution is -2.54. The number of nitrogens with one attached hydrogen (secondary N) is 1. The number of esters is 1. The van der Waals surface area contributed by atoms with E-state index in [1.807, 2.05) is 12.1 Å². The number of carbonyl (C=O) groups is 3. The van der Waals surface area contributed by atoms with E-state index in [4.69, 9.17) is 0 Å². The van der Waals surface area contributed by atoms with Gasteiger partial charge in [-0.25, -0.2) is 4.79 Å². The molecule has 0 radical (unpaired) electrons. The van der Waals surface area contributed by atoms with Crippen LogP contribution in [-0.2, 0) is 27.2 Å². The molecule has 1 aliphatic carbocycles. The summed E-state index contributed by atoms with van der Waals surface area (Å²) in [5, 5.41) is 22.2. The van der Waals surface area contributed by atoms with Crippen LogP contribution >= 0.6 is 0 Å². The first-order chi connectivity index (χ1) is 13.3. The number of rotatable bonds is 5. The number of aliphatic hydroxyl groups is 2. The lowest BCUT2D eigenvalue weighted by molar-refractivity contribution is -0.148. The quantitative estimate of drug-likeness (QED) is 0.599. The zero-order valence-corrected chi connectivity index (χ0v) is 16.1. The Morgan fingerprint density at radius 1 is 1.25 bits per heavy atom. The van der Waals surface area contributed by atoms with Gasteiger partial charge in [-0.2, -0.15) is 0 Å². The van der Waals surface area contributed by atoms with Gasteiger partial charge in [0.1, 0.15) is 6.04 Å². The summed E-state index contributed by atoms with van der Waals surface area (Å²) in [6, 6.07) is 3.38. The van der Waals surface area contributed by atoms with Gasteiger partial charge in [0.25, 0.3) is 5.91 Å². The lowest BCUT2D eigenvalue weighted by Gasteiger charge is -2.26. The van der Waals surface area contributed by atoms with Crippen molar-refractivity contribution in [3.05, 3.63) is 34.9 Å². The third kappa shape index (κ3) is 4.02. The number of aliphatic hydroxyl groups excluding tert-OH is 2. The summed E-state index contributed by atoms with van der Waals surface area (Å²) in [6.45, 7) is 1.39. The fraction of sp³-hybridized carbons (Fsp3) is 0.550. The largest absolute Gasteiger partial charge is 0.467 e. The van der Waals surface area contributed by atoms with Crippen molar-refractivity contribution >= 4 is 17.8 Å².